The van der Waals surface area contributed by atoms with Crippen LogP contribution in [-0.2, 0) is 14.3 Å². The van der Waals surface area contributed by atoms with Gasteiger partial charge in [0, 0.05) is 6.04 Å². The second kappa shape index (κ2) is 10.1. The Hall–Kier alpha value is -0.810. The topological polar surface area (TPSA) is 75.6 Å². The van der Waals surface area contributed by atoms with Crippen LogP contribution in [0.4, 0.5) is 0 Å². The maximum atomic E-state index is 11.7. The summed E-state index contributed by atoms with van der Waals surface area (Å²) in [6.45, 7) is 8.12. The summed E-state index contributed by atoms with van der Waals surface area (Å²) in [4.78, 5) is 22.3. The molecular weight excluding hydrogens is 258 g/mol. The minimum Gasteiger partial charge on any atom is -0.481 e. The second-order valence-corrected chi connectivity index (χ2v) is 4.68. The lowest BCUT2D eigenvalue weighted by Crippen LogP contribution is -2.30. The molecule has 0 spiro atoms. The average Bonchev–Trinajstić information content (AvgIpc) is 2.13. The van der Waals surface area contributed by atoms with E-state index in [-0.39, 0.29) is 24.9 Å². The molecule has 0 aliphatic carbocycles. The quantitative estimate of drug-likeness (QED) is 0.664. The predicted molar refractivity (Wildman–Crippen MR) is 72.0 cm³/mol. The third kappa shape index (κ3) is 10.4. The Kier molecular flexibility index (Phi) is 11.0. The SMILES string of the molecule is CC(C)NCCC(CC(=O)O)C(=O)OC(C)C.Cl. The molecular formula is C12H24ClNO4. The first kappa shape index (κ1) is 19.5. The van der Waals surface area contributed by atoms with Gasteiger partial charge in [0.25, 0.3) is 0 Å². The van der Waals surface area contributed by atoms with Gasteiger partial charge in [0.05, 0.1) is 18.4 Å². The molecule has 0 aliphatic rings. The molecule has 1 unspecified atom stereocenters. The molecule has 0 bridgehead atoms. The monoisotopic (exact) mass is 281 g/mol. The van der Waals surface area contributed by atoms with Crippen molar-refractivity contribution in [2.24, 2.45) is 5.92 Å². The lowest BCUT2D eigenvalue weighted by molar-refractivity contribution is -0.156. The standard InChI is InChI=1S/C12H23NO4.ClH/c1-8(2)13-6-5-10(7-11(14)15)12(16)17-9(3)4;/h8-10,13H,5-7H2,1-4H3,(H,14,15);1H. The first-order chi connectivity index (χ1) is 7.82. The van der Waals surface area contributed by atoms with E-state index in [0.29, 0.717) is 19.0 Å². The summed E-state index contributed by atoms with van der Waals surface area (Å²) < 4.78 is 5.04. The van der Waals surface area contributed by atoms with Gasteiger partial charge in [-0.3, -0.25) is 9.59 Å². The summed E-state index contributed by atoms with van der Waals surface area (Å²) in [5, 5.41) is 11.9. The molecule has 0 rings (SSSR count). The number of carbonyl (C=O) groups excluding carboxylic acids is 1. The van der Waals surface area contributed by atoms with E-state index in [0.717, 1.165) is 0 Å². The van der Waals surface area contributed by atoms with E-state index in [9.17, 15) is 9.59 Å². The Balaban J connectivity index is 0. The van der Waals surface area contributed by atoms with Gasteiger partial charge in [-0.05, 0) is 26.8 Å². The molecule has 6 heteroatoms. The van der Waals surface area contributed by atoms with E-state index in [4.69, 9.17) is 9.84 Å². The molecule has 18 heavy (non-hydrogen) atoms. The van der Waals surface area contributed by atoms with Crippen LogP contribution in [-0.4, -0.2) is 35.7 Å². The number of hydrogen-bond donors (Lipinski definition) is 2. The molecule has 0 saturated heterocycles. The third-order valence-corrected chi connectivity index (χ3v) is 2.15. The Morgan fingerprint density at radius 3 is 2.17 bits per heavy atom. The number of carboxylic acid groups (broad SMARTS) is 1. The highest BCUT2D eigenvalue weighted by Gasteiger charge is 2.23. The van der Waals surface area contributed by atoms with Crippen molar-refractivity contribution in [3.05, 3.63) is 0 Å². The number of carboxylic acids is 1. The molecule has 0 aliphatic heterocycles. The summed E-state index contributed by atoms with van der Waals surface area (Å²) in [6, 6.07) is 0.321. The molecule has 1 atom stereocenters. The average molecular weight is 282 g/mol. The highest BCUT2D eigenvalue weighted by atomic mass is 35.5. The van der Waals surface area contributed by atoms with Crippen LogP contribution in [0.15, 0.2) is 0 Å². The van der Waals surface area contributed by atoms with Gasteiger partial charge in [-0.1, -0.05) is 13.8 Å². The zero-order chi connectivity index (χ0) is 13.4. The molecule has 0 amide bonds. The summed E-state index contributed by atoms with van der Waals surface area (Å²) in [5.41, 5.74) is 0. The molecule has 0 radical (unpaired) electrons. The highest BCUT2D eigenvalue weighted by molar-refractivity contribution is 5.85. The number of hydrogen-bond acceptors (Lipinski definition) is 4. The molecule has 0 aromatic rings. The first-order valence-electron chi connectivity index (χ1n) is 5.98. The van der Waals surface area contributed by atoms with Crippen LogP contribution in [0, 0.1) is 5.92 Å². The minimum atomic E-state index is -0.972. The largest absolute Gasteiger partial charge is 0.481 e. The molecule has 5 nitrogen and oxygen atoms in total. The fraction of sp³-hybridized carbons (Fsp3) is 0.833. The summed E-state index contributed by atoms with van der Waals surface area (Å²) in [6.07, 6.45) is 0.0957. The van der Waals surface area contributed by atoms with Gasteiger partial charge in [0.1, 0.15) is 0 Å². The van der Waals surface area contributed by atoms with Crippen molar-refractivity contribution >= 4 is 24.3 Å². The number of ether oxygens (including phenoxy) is 1. The van der Waals surface area contributed by atoms with Crippen molar-refractivity contribution in [1.29, 1.82) is 0 Å². The molecule has 0 aromatic carbocycles. The maximum Gasteiger partial charge on any atom is 0.309 e. The van der Waals surface area contributed by atoms with Crippen LogP contribution in [0.2, 0.25) is 0 Å². The van der Waals surface area contributed by atoms with Crippen molar-refractivity contribution in [3.63, 3.8) is 0 Å². The normalized spacial score (nSPS) is 12.1. The van der Waals surface area contributed by atoms with Crippen LogP contribution in [0.1, 0.15) is 40.5 Å². The Morgan fingerprint density at radius 2 is 1.78 bits per heavy atom. The molecule has 0 saturated carbocycles. The van der Waals surface area contributed by atoms with Crippen molar-refractivity contribution in [3.8, 4) is 0 Å². The predicted octanol–water partition coefficient (Wildman–Crippen LogP) is 1.84. The number of aliphatic carboxylic acids is 1. The van der Waals surface area contributed by atoms with E-state index < -0.39 is 17.9 Å². The zero-order valence-corrected chi connectivity index (χ0v) is 12.3. The van der Waals surface area contributed by atoms with Crippen LogP contribution in [0.3, 0.4) is 0 Å². The van der Waals surface area contributed by atoms with Gasteiger partial charge < -0.3 is 15.2 Å². The van der Waals surface area contributed by atoms with Gasteiger partial charge in [-0.25, -0.2) is 0 Å². The summed E-state index contributed by atoms with van der Waals surface area (Å²) in [7, 11) is 0. The number of halogens is 1. The second-order valence-electron chi connectivity index (χ2n) is 4.68. The Bertz CT molecular complexity index is 256. The number of rotatable bonds is 8. The van der Waals surface area contributed by atoms with Crippen molar-refractivity contribution < 1.29 is 19.4 Å². The van der Waals surface area contributed by atoms with Crippen LogP contribution < -0.4 is 5.32 Å². The van der Waals surface area contributed by atoms with E-state index in [2.05, 4.69) is 5.32 Å². The lowest BCUT2D eigenvalue weighted by Gasteiger charge is -2.17. The number of esters is 1. The Labute approximate surface area is 115 Å². The van der Waals surface area contributed by atoms with Crippen molar-refractivity contribution in [2.75, 3.05) is 6.54 Å². The zero-order valence-electron chi connectivity index (χ0n) is 11.4. The number of carbonyl (C=O) groups is 2. The van der Waals surface area contributed by atoms with Crippen LogP contribution in [0.5, 0.6) is 0 Å². The van der Waals surface area contributed by atoms with Gasteiger partial charge in [0.15, 0.2) is 0 Å². The molecule has 0 heterocycles. The van der Waals surface area contributed by atoms with Gasteiger partial charge >= 0.3 is 11.9 Å². The van der Waals surface area contributed by atoms with Crippen molar-refractivity contribution in [2.45, 2.75) is 52.7 Å². The molecule has 2 N–H and O–H groups in total. The number of nitrogens with one attached hydrogen (secondary N) is 1. The molecule has 108 valence electrons. The van der Waals surface area contributed by atoms with Crippen LogP contribution in [0.25, 0.3) is 0 Å². The van der Waals surface area contributed by atoms with E-state index in [1.165, 1.54) is 0 Å². The summed E-state index contributed by atoms with van der Waals surface area (Å²) in [5.74, 6) is -1.96. The highest BCUT2D eigenvalue weighted by Crippen LogP contribution is 2.12. The van der Waals surface area contributed by atoms with E-state index in [1.54, 1.807) is 13.8 Å². The van der Waals surface area contributed by atoms with Gasteiger partial charge in [-0.15, -0.1) is 12.4 Å². The van der Waals surface area contributed by atoms with Gasteiger partial charge in [-0.2, -0.15) is 0 Å². The molecule has 0 aromatic heterocycles. The lowest BCUT2D eigenvalue weighted by atomic mass is 10.0. The molecule has 0 fully saturated rings. The van der Waals surface area contributed by atoms with Crippen molar-refractivity contribution in [1.82, 2.24) is 5.32 Å². The van der Waals surface area contributed by atoms with Crippen LogP contribution >= 0.6 is 12.4 Å². The van der Waals surface area contributed by atoms with Gasteiger partial charge in [0.2, 0.25) is 0 Å². The fourth-order valence-electron chi connectivity index (χ4n) is 1.39. The fourth-order valence-corrected chi connectivity index (χ4v) is 1.39. The van der Waals surface area contributed by atoms with E-state index >= 15 is 0 Å². The minimum absolute atomic E-state index is 0. The van der Waals surface area contributed by atoms with E-state index in [1.807, 2.05) is 13.8 Å². The smallest absolute Gasteiger partial charge is 0.309 e. The summed E-state index contributed by atoms with van der Waals surface area (Å²) >= 11 is 0. The third-order valence-electron chi connectivity index (χ3n) is 2.15. The first-order valence-corrected chi connectivity index (χ1v) is 5.98. The maximum absolute atomic E-state index is 11.7. The Morgan fingerprint density at radius 1 is 1.22 bits per heavy atom.